The van der Waals surface area contributed by atoms with Crippen molar-refractivity contribution in [3.63, 3.8) is 0 Å². The summed E-state index contributed by atoms with van der Waals surface area (Å²) in [7, 11) is 0. The number of phenolic OH excluding ortho intramolecular Hbond substituents is 1. The van der Waals surface area contributed by atoms with Crippen molar-refractivity contribution in [1.82, 2.24) is 0 Å². The van der Waals surface area contributed by atoms with Gasteiger partial charge in [0.15, 0.2) is 0 Å². The number of halogens is 4. The monoisotopic (exact) mass is 270 g/mol. The van der Waals surface area contributed by atoms with Crippen molar-refractivity contribution in [2.24, 2.45) is 0 Å². The number of alkyl halides is 4. The van der Waals surface area contributed by atoms with Gasteiger partial charge in [-0.25, -0.2) is 17.6 Å². The molecule has 2 rings (SSSR count). The smallest absolute Gasteiger partial charge is 0.267 e. The molecule has 5 heteroatoms. The normalized spacial score (nSPS) is 11.3. The lowest BCUT2D eigenvalue weighted by Crippen LogP contribution is -1.97. The molecule has 2 aromatic rings. The van der Waals surface area contributed by atoms with Gasteiger partial charge in [0, 0.05) is 11.1 Å². The zero-order valence-electron chi connectivity index (χ0n) is 9.66. The Balaban J connectivity index is 2.64. The lowest BCUT2D eigenvalue weighted by Gasteiger charge is -2.14. The molecule has 0 unspecified atom stereocenters. The van der Waals surface area contributed by atoms with Crippen molar-refractivity contribution in [1.29, 1.82) is 0 Å². The van der Waals surface area contributed by atoms with Crippen LogP contribution in [0.15, 0.2) is 42.5 Å². The molecule has 0 aliphatic heterocycles. The van der Waals surface area contributed by atoms with Gasteiger partial charge in [-0.15, -0.1) is 0 Å². The van der Waals surface area contributed by atoms with E-state index in [0.29, 0.717) is 5.56 Å². The molecule has 1 nitrogen and oxygen atoms in total. The highest BCUT2D eigenvalue weighted by Crippen LogP contribution is 2.42. The van der Waals surface area contributed by atoms with Gasteiger partial charge in [0.1, 0.15) is 5.75 Å². The summed E-state index contributed by atoms with van der Waals surface area (Å²) in [6, 6.07) is 10.4. The molecular weight excluding hydrogens is 260 g/mol. The molecule has 0 spiro atoms. The highest BCUT2D eigenvalue weighted by Gasteiger charge is 2.25. The molecule has 100 valence electrons. The fourth-order valence-electron chi connectivity index (χ4n) is 1.89. The largest absolute Gasteiger partial charge is 0.507 e. The predicted molar refractivity (Wildman–Crippen MR) is 63.5 cm³/mol. The third kappa shape index (κ3) is 2.54. The zero-order valence-corrected chi connectivity index (χ0v) is 9.66. The van der Waals surface area contributed by atoms with Crippen LogP contribution in [0.5, 0.6) is 5.75 Å². The van der Waals surface area contributed by atoms with Gasteiger partial charge in [-0.3, -0.25) is 0 Å². The molecule has 0 aliphatic rings. The molecular formula is C14H10F4O. The van der Waals surface area contributed by atoms with E-state index >= 15 is 0 Å². The van der Waals surface area contributed by atoms with E-state index in [9.17, 15) is 22.7 Å². The van der Waals surface area contributed by atoms with Crippen LogP contribution in [0.4, 0.5) is 17.6 Å². The Labute approximate surface area is 107 Å². The van der Waals surface area contributed by atoms with Crippen molar-refractivity contribution in [2.45, 2.75) is 12.9 Å². The number of aromatic hydroxyl groups is 1. The van der Waals surface area contributed by atoms with Crippen LogP contribution in [-0.4, -0.2) is 5.11 Å². The Morgan fingerprint density at radius 1 is 0.789 bits per heavy atom. The minimum absolute atomic E-state index is 0.111. The summed E-state index contributed by atoms with van der Waals surface area (Å²) in [6.07, 6.45) is -6.22. The van der Waals surface area contributed by atoms with Gasteiger partial charge in [0.05, 0.1) is 5.56 Å². The second kappa shape index (κ2) is 5.30. The van der Waals surface area contributed by atoms with Gasteiger partial charge < -0.3 is 5.11 Å². The molecule has 2 aromatic carbocycles. The molecule has 0 amide bonds. The predicted octanol–water partition coefficient (Wildman–Crippen LogP) is 4.93. The summed E-state index contributed by atoms with van der Waals surface area (Å²) in [4.78, 5) is 0. The van der Waals surface area contributed by atoms with Crippen LogP contribution in [0.1, 0.15) is 24.0 Å². The number of hydrogen-bond acceptors (Lipinski definition) is 1. The standard InChI is InChI=1S/C14H10F4O/c15-13(16)10-7-6-9(8-4-2-1-3-5-8)12(19)11(10)14(17)18/h1-7,13-14,19H. The number of benzene rings is 2. The number of rotatable bonds is 3. The third-order valence-electron chi connectivity index (χ3n) is 2.79. The third-order valence-corrected chi connectivity index (χ3v) is 2.79. The Morgan fingerprint density at radius 2 is 1.42 bits per heavy atom. The fraction of sp³-hybridized carbons (Fsp3) is 0.143. The van der Waals surface area contributed by atoms with E-state index < -0.39 is 29.7 Å². The first kappa shape index (κ1) is 13.4. The Kier molecular flexibility index (Phi) is 3.74. The topological polar surface area (TPSA) is 20.2 Å². The van der Waals surface area contributed by atoms with Crippen molar-refractivity contribution >= 4 is 0 Å². The molecule has 0 saturated carbocycles. The van der Waals surface area contributed by atoms with E-state index in [-0.39, 0.29) is 5.56 Å². The van der Waals surface area contributed by atoms with E-state index in [1.54, 1.807) is 30.3 Å². The first-order valence-electron chi connectivity index (χ1n) is 5.50. The average molecular weight is 270 g/mol. The highest BCUT2D eigenvalue weighted by atomic mass is 19.3. The minimum atomic E-state index is -3.16. The van der Waals surface area contributed by atoms with E-state index in [4.69, 9.17) is 0 Å². The molecule has 19 heavy (non-hydrogen) atoms. The highest BCUT2D eigenvalue weighted by molar-refractivity contribution is 5.72. The Hall–Kier alpha value is -2.04. The summed E-state index contributed by atoms with van der Waals surface area (Å²) >= 11 is 0. The fourth-order valence-corrected chi connectivity index (χ4v) is 1.89. The maximum atomic E-state index is 12.9. The van der Waals surface area contributed by atoms with E-state index in [1.165, 1.54) is 6.07 Å². The maximum Gasteiger partial charge on any atom is 0.267 e. The summed E-state index contributed by atoms with van der Waals surface area (Å²) in [5.41, 5.74) is -1.24. The second-order valence-electron chi connectivity index (χ2n) is 3.93. The quantitative estimate of drug-likeness (QED) is 0.783. The maximum absolute atomic E-state index is 12.9. The van der Waals surface area contributed by atoms with Gasteiger partial charge >= 0.3 is 0 Å². The summed E-state index contributed by atoms with van der Waals surface area (Å²) in [5.74, 6) is -0.793. The van der Waals surface area contributed by atoms with Crippen molar-refractivity contribution in [3.05, 3.63) is 53.6 Å². The van der Waals surface area contributed by atoms with Gasteiger partial charge in [-0.2, -0.15) is 0 Å². The van der Waals surface area contributed by atoms with Crippen molar-refractivity contribution in [3.8, 4) is 16.9 Å². The first-order chi connectivity index (χ1) is 9.02. The van der Waals surface area contributed by atoms with Crippen LogP contribution < -0.4 is 0 Å². The van der Waals surface area contributed by atoms with Crippen LogP contribution in [-0.2, 0) is 0 Å². The lowest BCUT2D eigenvalue weighted by atomic mass is 9.97. The molecule has 0 radical (unpaired) electrons. The van der Waals surface area contributed by atoms with Gasteiger partial charge in [-0.1, -0.05) is 42.5 Å². The van der Waals surface area contributed by atoms with Crippen LogP contribution in [0.2, 0.25) is 0 Å². The molecule has 0 aromatic heterocycles. The summed E-state index contributed by atoms with van der Waals surface area (Å²) in [5, 5.41) is 9.83. The minimum Gasteiger partial charge on any atom is -0.507 e. The van der Waals surface area contributed by atoms with Gasteiger partial charge in [-0.05, 0) is 5.56 Å². The molecule has 0 fully saturated rings. The molecule has 1 N–H and O–H groups in total. The van der Waals surface area contributed by atoms with Crippen molar-refractivity contribution in [2.75, 3.05) is 0 Å². The Bertz CT molecular complexity index is 567. The van der Waals surface area contributed by atoms with Crippen LogP contribution in [0, 0.1) is 0 Å². The Morgan fingerprint density at radius 3 is 1.95 bits per heavy atom. The van der Waals surface area contributed by atoms with Gasteiger partial charge in [0.2, 0.25) is 0 Å². The van der Waals surface area contributed by atoms with E-state index in [1.807, 2.05) is 0 Å². The van der Waals surface area contributed by atoms with Crippen molar-refractivity contribution < 1.29 is 22.7 Å². The molecule has 0 bridgehead atoms. The second-order valence-corrected chi connectivity index (χ2v) is 3.93. The van der Waals surface area contributed by atoms with E-state index in [0.717, 1.165) is 6.07 Å². The lowest BCUT2D eigenvalue weighted by molar-refractivity contribution is 0.121. The SMILES string of the molecule is Oc1c(-c2ccccc2)ccc(C(F)F)c1C(F)F. The molecule has 0 aliphatic carbocycles. The zero-order chi connectivity index (χ0) is 14.0. The molecule has 0 saturated heterocycles. The summed E-state index contributed by atoms with van der Waals surface area (Å²) in [6.45, 7) is 0. The first-order valence-corrected chi connectivity index (χ1v) is 5.50. The number of hydrogen-bond donors (Lipinski definition) is 1. The van der Waals surface area contributed by atoms with Crippen LogP contribution in [0.3, 0.4) is 0 Å². The van der Waals surface area contributed by atoms with Gasteiger partial charge in [0.25, 0.3) is 12.9 Å². The molecule has 0 heterocycles. The van der Waals surface area contributed by atoms with Crippen LogP contribution >= 0.6 is 0 Å². The molecule has 0 atom stereocenters. The average Bonchev–Trinajstić information content (AvgIpc) is 2.38. The van der Waals surface area contributed by atoms with E-state index in [2.05, 4.69) is 0 Å². The van der Waals surface area contributed by atoms with Crippen LogP contribution in [0.25, 0.3) is 11.1 Å². The summed E-state index contributed by atoms with van der Waals surface area (Å²) < 4.78 is 51.0. The number of phenols is 1.